The number of hydrogen-bond acceptors (Lipinski definition) is 4. The van der Waals surface area contributed by atoms with Crippen LogP contribution in [-0.2, 0) is 6.54 Å². The van der Waals surface area contributed by atoms with Crippen LogP contribution in [0.4, 0.5) is 5.69 Å². The van der Waals surface area contributed by atoms with E-state index in [1.165, 1.54) is 11.3 Å². The summed E-state index contributed by atoms with van der Waals surface area (Å²) in [7, 11) is 3.42. The third-order valence-electron chi connectivity index (χ3n) is 4.42. The molecule has 0 amide bonds. The fourth-order valence-corrected chi connectivity index (χ4v) is 3.69. The fourth-order valence-electron chi connectivity index (χ4n) is 3.10. The van der Waals surface area contributed by atoms with E-state index in [0.717, 1.165) is 48.7 Å². The molecule has 0 atom stereocenters. The number of anilines is 1. The monoisotopic (exact) mass is 390 g/mol. The Kier molecular flexibility index (Phi) is 5.63. The molecule has 24 heavy (non-hydrogen) atoms. The van der Waals surface area contributed by atoms with Gasteiger partial charge in [0.05, 0.1) is 24.4 Å². The van der Waals surface area contributed by atoms with E-state index >= 15 is 0 Å². The molecule has 1 aliphatic heterocycles. The van der Waals surface area contributed by atoms with E-state index in [9.17, 15) is 0 Å². The van der Waals surface area contributed by atoms with Crippen molar-refractivity contribution in [2.24, 2.45) is 0 Å². The van der Waals surface area contributed by atoms with Crippen molar-refractivity contribution in [3.05, 3.63) is 52.5 Å². The number of methoxy groups -OCH3 is 2. The van der Waals surface area contributed by atoms with Crippen molar-refractivity contribution in [1.29, 1.82) is 0 Å². The van der Waals surface area contributed by atoms with Gasteiger partial charge >= 0.3 is 0 Å². The van der Waals surface area contributed by atoms with Crippen LogP contribution < -0.4 is 14.4 Å². The number of halogens is 1. The van der Waals surface area contributed by atoms with Gasteiger partial charge in [0, 0.05) is 32.7 Å². The maximum absolute atomic E-state index is 5.48. The maximum Gasteiger partial charge on any atom is 0.142 e. The maximum atomic E-state index is 5.48. The number of nitrogens with zero attached hydrogens (tertiary/aromatic N) is 2. The summed E-state index contributed by atoms with van der Waals surface area (Å²) in [5, 5.41) is 0. The van der Waals surface area contributed by atoms with Crippen molar-refractivity contribution in [1.82, 2.24) is 4.90 Å². The second-order valence-corrected chi connectivity index (χ2v) is 6.76. The Balaban J connectivity index is 1.60. The van der Waals surface area contributed by atoms with Gasteiger partial charge in [0.2, 0.25) is 0 Å². The Labute approximate surface area is 152 Å². The lowest BCUT2D eigenvalue weighted by atomic mass is 10.1. The number of rotatable bonds is 5. The molecule has 128 valence electrons. The Morgan fingerprint density at radius 2 is 1.62 bits per heavy atom. The first-order valence-corrected chi connectivity index (χ1v) is 8.93. The highest BCUT2D eigenvalue weighted by Gasteiger charge is 2.19. The second kappa shape index (κ2) is 7.90. The second-order valence-electron chi connectivity index (χ2n) is 5.90. The van der Waals surface area contributed by atoms with Crippen molar-refractivity contribution < 1.29 is 9.47 Å². The van der Waals surface area contributed by atoms with Gasteiger partial charge in [-0.2, -0.15) is 0 Å². The summed E-state index contributed by atoms with van der Waals surface area (Å²) in [6, 6.07) is 14.5. The fraction of sp³-hybridized carbons (Fsp3) is 0.368. The summed E-state index contributed by atoms with van der Waals surface area (Å²) in [6.07, 6.45) is 0. The summed E-state index contributed by atoms with van der Waals surface area (Å²) in [6.45, 7) is 5.07. The molecular weight excluding hydrogens is 368 g/mol. The largest absolute Gasteiger partial charge is 0.496 e. The minimum atomic E-state index is 0.875. The Hall–Kier alpha value is -1.72. The average Bonchev–Trinajstić information content (AvgIpc) is 2.62. The van der Waals surface area contributed by atoms with Gasteiger partial charge < -0.3 is 14.4 Å². The topological polar surface area (TPSA) is 24.9 Å². The highest BCUT2D eigenvalue weighted by molar-refractivity contribution is 9.10. The molecule has 1 heterocycles. The molecule has 0 spiro atoms. The van der Waals surface area contributed by atoms with E-state index in [0.29, 0.717) is 0 Å². The van der Waals surface area contributed by atoms with Crippen LogP contribution in [-0.4, -0.2) is 45.3 Å². The lowest BCUT2D eigenvalue weighted by Gasteiger charge is -2.36. The number of piperazine rings is 1. The zero-order valence-corrected chi connectivity index (χ0v) is 15.8. The molecule has 4 nitrogen and oxygen atoms in total. The third-order valence-corrected chi connectivity index (χ3v) is 5.04. The summed E-state index contributed by atoms with van der Waals surface area (Å²) in [4.78, 5) is 4.89. The van der Waals surface area contributed by atoms with E-state index in [2.05, 4.69) is 50.0 Å². The number of ether oxygens (including phenoxy) is 2. The third kappa shape index (κ3) is 3.84. The van der Waals surface area contributed by atoms with Crippen LogP contribution in [0.15, 0.2) is 46.9 Å². The number of para-hydroxylation sites is 2. The summed E-state index contributed by atoms with van der Waals surface area (Å²) in [5.41, 5.74) is 2.49. The van der Waals surface area contributed by atoms with Gasteiger partial charge in [-0.15, -0.1) is 0 Å². The van der Waals surface area contributed by atoms with E-state index in [1.807, 2.05) is 18.2 Å². The predicted octanol–water partition coefficient (Wildman–Crippen LogP) is 3.79. The molecule has 1 saturated heterocycles. The van der Waals surface area contributed by atoms with Crippen LogP contribution in [0.1, 0.15) is 5.56 Å². The molecule has 0 bridgehead atoms. The van der Waals surface area contributed by atoms with Crippen LogP contribution in [0.5, 0.6) is 11.5 Å². The summed E-state index contributed by atoms with van der Waals surface area (Å²) < 4.78 is 11.8. The highest BCUT2D eigenvalue weighted by atomic mass is 79.9. The molecular formula is C19H23BrN2O2. The molecule has 2 aromatic rings. The Morgan fingerprint density at radius 3 is 2.29 bits per heavy atom. The Morgan fingerprint density at radius 1 is 0.917 bits per heavy atom. The minimum absolute atomic E-state index is 0.875. The summed E-state index contributed by atoms with van der Waals surface area (Å²) >= 11 is 3.56. The SMILES string of the molecule is COc1ccc(CN2CCN(c3ccccc3OC)CC2)cc1Br. The minimum Gasteiger partial charge on any atom is -0.496 e. The van der Waals surface area contributed by atoms with E-state index in [1.54, 1.807) is 14.2 Å². The first kappa shape index (κ1) is 17.1. The molecule has 5 heteroatoms. The van der Waals surface area contributed by atoms with Crippen molar-refractivity contribution in [3.63, 3.8) is 0 Å². The Bertz CT molecular complexity index is 685. The lowest BCUT2D eigenvalue weighted by Crippen LogP contribution is -2.46. The predicted molar refractivity (Wildman–Crippen MR) is 101 cm³/mol. The smallest absolute Gasteiger partial charge is 0.142 e. The van der Waals surface area contributed by atoms with Gasteiger partial charge in [-0.3, -0.25) is 4.90 Å². The first-order chi connectivity index (χ1) is 11.7. The van der Waals surface area contributed by atoms with Gasteiger partial charge in [-0.1, -0.05) is 18.2 Å². The van der Waals surface area contributed by atoms with Crippen LogP contribution in [0.3, 0.4) is 0 Å². The molecule has 0 aliphatic carbocycles. The van der Waals surface area contributed by atoms with Crippen LogP contribution in [0, 0.1) is 0 Å². The first-order valence-electron chi connectivity index (χ1n) is 8.14. The lowest BCUT2D eigenvalue weighted by molar-refractivity contribution is 0.249. The summed E-state index contributed by atoms with van der Waals surface area (Å²) in [5.74, 6) is 1.82. The van der Waals surface area contributed by atoms with Gasteiger partial charge in [-0.25, -0.2) is 0 Å². The zero-order chi connectivity index (χ0) is 16.9. The molecule has 0 radical (unpaired) electrons. The quantitative estimate of drug-likeness (QED) is 0.775. The van der Waals surface area contributed by atoms with Crippen molar-refractivity contribution in [3.8, 4) is 11.5 Å². The zero-order valence-electron chi connectivity index (χ0n) is 14.2. The van der Waals surface area contributed by atoms with E-state index in [-0.39, 0.29) is 0 Å². The normalized spacial score (nSPS) is 15.4. The van der Waals surface area contributed by atoms with Crippen LogP contribution >= 0.6 is 15.9 Å². The van der Waals surface area contributed by atoms with Crippen molar-refractivity contribution in [2.45, 2.75) is 6.54 Å². The van der Waals surface area contributed by atoms with E-state index < -0.39 is 0 Å². The molecule has 1 fully saturated rings. The van der Waals surface area contributed by atoms with Crippen molar-refractivity contribution in [2.75, 3.05) is 45.3 Å². The number of benzene rings is 2. The molecule has 1 aliphatic rings. The van der Waals surface area contributed by atoms with Gasteiger partial charge in [-0.05, 0) is 45.8 Å². The molecule has 3 rings (SSSR count). The molecule has 0 unspecified atom stereocenters. The standard InChI is InChI=1S/C19H23BrN2O2/c1-23-18-8-7-15(13-16(18)20)14-21-9-11-22(12-10-21)17-5-3-4-6-19(17)24-2/h3-8,13H,9-12,14H2,1-2H3. The van der Waals surface area contributed by atoms with Gasteiger partial charge in [0.15, 0.2) is 0 Å². The molecule has 0 aromatic heterocycles. The van der Waals surface area contributed by atoms with Crippen LogP contribution in [0.2, 0.25) is 0 Å². The van der Waals surface area contributed by atoms with Crippen molar-refractivity contribution >= 4 is 21.6 Å². The van der Waals surface area contributed by atoms with Crippen LogP contribution in [0.25, 0.3) is 0 Å². The average molecular weight is 391 g/mol. The highest BCUT2D eigenvalue weighted by Crippen LogP contribution is 2.29. The van der Waals surface area contributed by atoms with Gasteiger partial charge in [0.25, 0.3) is 0 Å². The van der Waals surface area contributed by atoms with E-state index in [4.69, 9.17) is 9.47 Å². The molecule has 0 saturated carbocycles. The number of hydrogen-bond donors (Lipinski definition) is 0. The van der Waals surface area contributed by atoms with Gasteiger partial charge in [0.1, 0.15) is 11.5 Å². The molecule has 2 aromatic carbocycles. The molecule has 0 N–H and O–H groups in total.